The first-order chi connectivity index (χ1) is 12.5. The molecule has 0 aliphatic carbocycles. The number of quaternary nitrogens is 1. The lowest BCUT2D eigenvalue weighted by Crippen LogP contribution is -3.06. The molecule has 0 saturated carbocycles. The Kier molecular flexibility index (Phi) is 3.88. The zero-order valence-corrected chi connectivity index (χ0v) is 15.5. The minimum atomic E-state index is 0.173. The van der Waals surface area contributed by atoms with E-state index < -0.39 is 0 Å². The average molecular weight is 351 g/mol. The molecule has 26 heavy (non-hydrogen) atoms. The van der Waals surface area contributed by atoms with E-state index in [1.807, 2.05) is 12.1 Å². The number of phenols is 1. The number of aromatic nitrogens is 5. The Bertz CT molecular complexity index is 1110. The molecule has 0 bridgehead atoms. The van der Waals surface area contributed by atoms with Gasteiger partial charge in [0.2, 0.25) is 0 Å². The van der Waals surface area contributed by atoms with Crippen molar-refractivity contribution in [3.8, 4) is 17.1 Å². The molecule has 0 spiro atoms. The molecule has 7 heteroatoms. The summed E-state index contributed by atoms with van der Waals surface area (Å²) >= 11 is 0. The first kappa shape index (κ1) is 16.5. The number of nitrogens with zero attached hydrogens (tertiary/aromatic N) is 5. The molecular formula is C19H23N6O+. The first-order valence-corrected chi connectivity index (χ1v) is 8.75. The van der Waals surface area contributed by atoms with Gasteiger partial charge in [0.05, 0.1) is 38.1 Å². The van der Waals surface area contributed by atoms with Gasteiger partial charge in [0, 0.05) is 5.69 Å². The molecule has 0 amide bonds. The summed E-state index contributed by atoms with van der Waals surface area (Å²) in [6.07, 6.45) is 1.70. The number of likely N-dealkylation sites (N-methyl/N-ethyl adjacent to an activating group) is 1. The molecule has 4 rings (SSSR count). The van der Waals surface area contributed by atoms with E-state index >= 15 is 0 Å². The molecule has 1 aromatic carbocycles. The minimum absolute atomic E-state index is 0.173. The molecule has 3 aromatic heterocycles. The van der Waals surface area contributed by atoms with Gasteiger partial charge in [-0.15, -0.1) is 5.10 Å². The molecule has 2 N–H and O–H groups in total. The summed E-state index contributed by atoms with van der Waals surface area (Å²) in [5, 5.41) is 15.7. The van der Waals surface area contributed by atoms with Crippen molar-refractivity contribution in [3.63, 3.8) is 0 Å². The maximum atomic E-state index is 10.1. The summed E-state index contributed by atoms with van der Waals surface area (Å²) in [5.74, 6) is 0.673. The number of nitrogens with one attached hydrogen (secondary N) is 1. The fourth-order valence-corrected chi connectivity index (χ4v) is 3.32. The van der Waals surface area contributed by atoms with Gasteiger partial charge >= 0.3 is 0 Å². The third-order valence-electron chi connectivity index (χ3n) is 4.93. The van der Waals surface area contributed by atoms with Gasteiger partial charge in [0.1, 0.15) is 17.7 Å². The molecule has 0 atom stereocenters. The average Bonchev–Trinajstić information content (AvgIpc) is 3.13. The number of aromatic hydroxyl groups is 1. The molecule has 7 nitrogen and oxygen atoms in total. The van der Waals surface area contributed by atoms with Crippen LogP contribution in [0.4, 0.5) is 0 Å². The molecular weight excluding hydrogens is 328 g/mol. The summed E-state index contributed by atoms with van der Waals surface area (Å²) < 4.78 is 3.95. The van der Waals surface area contributed by atoms with Gasteiger partial charge in [0.25, 0.3) is 0 Å². The third kappa shape index (κ3) is 2.52. The normalized spacial score (nSPS) is 11.9. The molecule has 0 aliphatic heterocycles. The summed E-state index contributed by atoms with van der Waals surface area (Å²) in [6.45, 7) is 6.15. The van der Waals surface area contributed by atoms with Crippen molar-refractivity contribution in [1.29, 1.82) is 0 Å². The highest BCUT2D eigenvalue weighted by atomic mass is 16.3. The van der Waals surface area contributed by atoms with Crippen LogP contribution in [-0.4, -0.2) is 49.9 Å². The Balaban J connectivity index is 1.93. The van der Waals surface area contributed by atoms with Crippen LogP contribution < -0.4 is 4.90 Å². The van der Waals surface area contributed by atoms with Crippen molar-refractivity contribution in [1.82, 2.24) is 24.1 Å². The molecule has 3 heterocycles. The lowest BCUT2D eigenvalue weighted by Gasteiger charge is -2.10. The second-order valence-electron chi connectivity index (χ2n) is 6.98. The number of rotatable bonds is 4. The van der Waals surface area contributed by atoms with Crippen LogP contribution in [0.25, 0.3) is 28.1 Å². The highest BCUT2D eigenvalue weighted by molar-refractivity contribution is 5.94. The standard InChI is InChI=1S/C19H22N6O/c1-12-13(2)24(10-9-23(3)4)18-16(12)19-21-17(22-25(19)11-20-18)14-7-5-6-8-15(14)26/h5-8,11,26H,9-10H2,1-4H3/p+1. The summed E-state index contributed by atoms with van der Waals surface area (Å²) in [5.41, 5.74) is 4.70. The van der Waals surface area contributed by atoms with Crippen LogP contribution in [0.15, 0.2) is 30.6 Å². The van der Waals surface area contributed by atoms with E-state index in [1.54, 1.807) is 23.0 Å². The van der Waals surface area contributed by atoms with Gasteiger partial charge in [-0.2, -0.15) is 0 Å². The van der Waals surface area contributed by atoms with Crippen LogP contribution in [0.1, 0.15) is 11.3 Å². The van der Waals surface area contributed by atoms with Crippen LogP contribution >= 0.6 is 0 Å². The highest BCUT2D eigenvalue weighted by Crippen LogP contribution is 2.30. The van der Waals surface area contributed by atoms with Crippen molar-refractivity contribution >= 4 is 16.7 Å². The van der Waals surface area contributed by atoms with Crippen molar-refractivity contribution in [3.05, 3.63) is 41.9 Å². The predicted molar refractivity (Wildman–Crippen MR) is 101 cm³/mol. The fourth-order valence-electron chi connectivity index (χ4n) is 3.32. The number of para-hydroxylation sites is 1. The maximum absolute atomic E-state index is 10.1. The molecule has 0 fully saturated rings. The van der Waals surface area contributed by atoms with E-state index in [0.29, 0.717) is 11.4 Å². The monoisotopic (exact) mass is 351 g/mol. The van der Waals surface area contributed by atoms with Crippen LogP contribution in [0.2, 0.25) is 0 Å². The number of aryl methyl sites for hydroxylation is 1. The fraction of sp³-hybridized carbons (Fsp3) is 0.316. The van der Waals surface area contributed by atoms with E-state index in [9.17, 15) is 5.11 Å². The molecule has 0 radical (unpaired) electrons. The Morgan fingerprint density at radius 1 is 1.12 bits per heavy atom. The Hall–Kier alpha value is -2.93. The topological polar surface area (TPSA) is 72.7 Å². The Morgan fingerprint density at radius 3 is 2.62 bits per heavy atom. The smallest absolute Gasteiger partial charge is 0.185 e. The quantitative estimate of drug-likeness (QED) is 0.580. The minimum Gasteiger partial charge on any atom is -0.507 e. The van der Waals surface area contributed by atoms with Gasteiger partial charge in [-0.1, -0.05) is 12.1 Å². The van der Waals surface area contributed by atoms with Gasteiger partial charge in [-0.3, -0.25) is 0 Å². The van der Waals surface area contributed by atoms with Gasteiger partial charge in [0.15, 0.2) is 11.5 Å². The van der Waals surface area contributed by atoms with Crippen LogP contribution in [-0.2, 0) is 6.54 Å². The number of phenolic OH excluding ortho intramolecular Hbond substituents is 1. The summed E-state index contributed by atoms with van der Waals surface area (Å²) in [7, 11) is 4.30. The maximum Gasteiger partial charge on any atom is 0.185 e. The summed E-state index contributed by atoms with van der Waals surface area (Å²) in [4.78, 5) is 10.8. The van der Waals surface area contributed by atoms with Crippen molar-refractivity contribution in [2.45, 2.75) is 20.4 Å². The summed E-state index contributed by atoms with van der Waals surface area (Å²) in [6, 6.07) is 7.11. The SMILES string of the molecule is Cc1c(C)n(CC[NH+](C)C)c2ncn3nc(-c4ccccc4O)nc3c12. The zero-order chi connectivity index (χ0) is 18.4. The van der Waals surface area contributed by atoms with Crippen molar-refractivity contribution < 1.29 is 10.0 Å². The van der Waals surface area contributed by atoms with Gasteiger partial charge < -0.3 is 14.6 Å². The molecule has 4 aromatic rings. The highest BCUT2D eigenvalue weighted by Gasteiger charge is 2.19. The van der Waals surface area contributed by atoms with E-state index in [1.165, 1.54) is 16.2 Å². The largest absolute Gasteiger partial charge is 0.507 e. The second-order valence-corrected chi connectivity index (χ2v) is 6.98. The predicted octanol–water partition coefficient (Wildman–Crippen LogP) is 1.21. The molecule has 0 aliphatic rings. The molecule has 0 unspecified atom stereocenters. The van der Waals surface area contributed by atoms with Crippen LogP contribution in [0, 0.1) is 13.8 Å². The number of benzene rings is 1. The number of hydrogen-bond donors (Lipinski definition) is 2. The Morgan fingerprint density at radius 2 is 1.88 bits per heavy atom. The van der Waals surface area contributed by atoms with Crippen molar-refractivity contribution in [2.24, 2.45) is 0 Å². The van der Waals surface area contributed by atoms with Crippen LogP contribution in [0.3, 0.4) is 0 Å². The number of fused-ring (bicyclic) bond motifs is 3. The van der Waals surface area contributed by atoms with Crippen LogP contribution in [0.5, 0.6) is 5.75 Å². The van der Waals surface area contributed by atoms with E-state index in [-0.39, 0.29) is 5.75 Å². The molecule has 0 saturated heterocycles. The molecule has 134 valence electrons. The Labute approximate surface area is 151 Å². The van der Waals surface area contributed by atoms with E-state index in [0.717, 1.165) is 29.8 Å². The zero-order valence-electron chi connectivity index (χ0n) is 15.5. The first-order valence-electron chi connectivity index (χ1n) is 8.75. The van der Waals surface area contributed by atoms with Crippen molar-refractivity contribution in [2.75, 3.05) is 20.6 Å². The van der Waals surface area contributed by atoms with Gasteiger partial charge in [-0.25, -0.2) is 14.5 Å². The second kappa shape index (κ2) is 6.10. The number of hydrogen-bond acceptors (Lipinski definition) is 4. The lowest BCUT2D eigenvalue weighted by molar-refractivity contribution is -0.858. The third-order valence-corrected chi connectivity index (χ3v) is 4.93. The van der Waals surface area contributed by atoms with E-state index in [2.05, 4.69) is 42.6 Å². The lowest BCUT2D eigenvalue weighted by atomic mass is 10.2. The van der Waals surface area contributed by atoms with Gasteiger partial charge in [-0.05, 0) is 31.5 Å². The van der Waals surface area contributed by atoms with E-state index in [4.69, 9.17) is 4.98 Å².